The average molecular weight is 315 g/mol. The first-order chi connectivity index (χ1) is 10.6. The molecule has 3 rings (SSSR count). The lowest BCUT2D eigenvalue weighted by Gasteiger charge is -2.29. The van der Waals surface area contributed by atoms with Crippen LogP contribution in [0.4, 0.5) is 8.78 Å². The highest BCUT2D eigenvalue weighted by Gasteiger charge is 2.32. The summed E-state index contributed by atoms with van der Waals surface area (Å²) in [6, 6.07) is 13.1. The highest BCUT2D eigenvalue weighted by Crippen LogP contribution is 2.10. The van der Waals surface area contributed by atoms with Crippen molar-refractivity contribution in [3.8, 4) is 0 Å². The highest BCUT2D eigenvalue weighted by molar-refractivity contribution is 7.00. The van der Waals surface area contributed by atoms with E-state index in [4.69, 9.17) is 0 Å². The largest absolute Gasteiger partial charge is 0.322 e. The second-order valence-electron chi connectivity index (χ2n) is 5.48. The van der Waals surface area contributed by atoms with Crippen molar-refractivity contribution < 1.29 is 8.78 Å². The van der Waals surface area contributed by atoms with E-state index >= 15 is 0 Å². The van der Waals surface area contributed by atoms with Crippen molar-refractivity contribution in [2.24, 2.45) is 0 Å². The van der Waals surface area contributed by atoms with Crippen LogP contribution >= 0.6 is 0 Å². The fourth-order valence-electron chi connectivity index (χ4n) is 2.65. The second kappa shape index (κ2) is 5.80. The van der Waals surface area contributed by atoms with Crippen LogP contribution in [-0.2, 0) is 6.17 Å². The molecule has 2 aromatic carbocycles. The van der Waals surface area contributed by atoms with Crippen LogP contribution in [0.1, 0.15) is 0 Å². The molecule has 0 amide bonds. The predicted molar refractivity (Wildman–Crippen MR) is 83.7 cm³/mol. The third-order valence-corrected chi connectivity index (χ3v) is 8.14. The molecule has 0 radical (unpaired) electrons. The fraction of sp³-hybridized carbons (Fsp3) is 0.125. The molecule has 112 valence electrons. The molecule has 0 spiro atoms. The van der Waals surface area contributed by atoms with Crippen molar-refractivity contribution >= 4 is 18.4 Å². The first kappa shape index (κ1) is 14.6. The smallest absolute Gasteiger partial charge is 0.135 e. The number of aromatic nitrogens is 3. The summed E-state index contributed by atoms with van der Waals surface area (Å²) in [5, 5.41) is 9.83. The van der Waals surface area contributed by atoms with E-state index in [-0.39, 0.29) is 11.6 Å². The first-order valence-corrected chi connectivity index (χ1v) is 9.63. The number of rotatable bonds is 4. The van der Waals surface area contributed by atoms with E-state index in [1.165, 1.54) is 24.3 Å². The van der Waals surface area contributed by atoms with Crippen molar-refractivity contribution in [2.75, 3.05) is 0 Å². The Balaban J connectivity index is 2.08. The van der Waals surface area contributed by atoms with Crippen LogP contribution in [0.25, 0.3) is 0 Å². The van der Waals surface area contributed by atoms with E-state index in [1.54, 1.807) is 12.7 Å². The van der Waals surface area contributed by atoms with Gasteiger partial charge < -0.3 is 4.57 Å². The summed E-state index contributed by atoms with van der Waals surface area (Å²) in [7, 11) is -2.20. The number of halogens is 2. The zero-order chi connectivity index (χ0) is 15.6. The second-order valence-corrected chi connectivity index (χ2v) is 9.62. The molecule has 0 N–H and O–H groups in total. The molecule has 6 heteroatoms. The zero-order valence-electron chi connectivity index (χ0n) is 12.1. The molecule has 0 fully saturated rings. The summed E-state index contributed by atoms with van der Waals surface area (Å²) in [5.41, 5.74) is 0. The molecule has 0 aliphatic carbocycles. The zero-order valence-corrected chi connectivity index (χ0v) is 13.1. The summed E-state index contributed by atoms with van der Waals surface area (Å²) >= 11 is 0. The van der Waals surface area contributed by atoms with Gasteiger partial charge in [-0.25, -0.2) is 8.78 Å². The molecule has 0 atom stereocenters. The number of benzene rings is 2. The van der Waals surface area contributed by atoms with E-state index in [0.717, 1.165) is 10.4 Å². The Bertz CT molecular complexity index is 695. The molecule has 0 saturated carbocycles. The maximum atomic E-state index is 13.2. The van der Waals surface area contributed by atoms with Gasteiger partial charge in [0.15, 0.2) is 0 Å². The minimum Gasteiger partial charge on any atom is -0.322 e. The Kier molecular flexibility index (Phi) is 3.85. The van der Waals surface area contributed by atoms with E-state index in [0.29, 0.717) is 6.17 Å². The van der Waals surface area contributed by atoms with Crippen LogP contribution in [0.5, 0.6) is 0 Å². The first-order valence-electron chi connectivity index (χ1n) is 6.92. The molecule has 22 heavy (non-hydrogen) atoms. The van der Waals surface area contributed by atoms with Crippen molar-refractivity contribution in [1.29, 1.82) is 0 Å². The van der Waals surface area contributed by atoms with Crippen molar-refractivity contribution in [3.63, 3.8) is 0 Å². The minimum atomic E-state index is -2.20. The Morgan fingerprint density at radius 1 is 0.818 bits per heavy atom. The Morgan fingerprint density at radius 3 is 1.64 bits per heavy atom. The maximum Gasteiger partial charge on any atom is 0.135 e. The lowest BCUT2D eigenvalue weighted by atomic mass is 10.3. The van der Waals surface area contributed by atoms with Crippen molar-refractivity contribution in [3.05, 3.63) is 72.8 Å². The van der Waals surface area contributed by atoms with Crippen LogP contribution in [0, 0.1) is 11.6 Å². The lowest BCUT2D eigenvalue weighted by molar-refractivity contribution is 0.628. The van der Waals surface area contributed by atoms with Crippen molar-refractivity contribution in [1.82, 2.24) is 14.8 Å². The topological polar surface area (TPSA) is 30.7 Å². The minimum absolute atomic E-state index is 0.261. The van der Waals surface area contributed by atoms with Crippen LogP contribution < -0.4 is 10.4 Å². The van der Waals surface area contributed by atoms with E-state index in [9.17, 15) is 8.78 Å². The van der Waals surface area contributed by atoms with E-state index in [1.807, 2.05) is 28.8 Å². The quantitative estimate of drug-likeness (QED) is 0.689. The van der Waals surface area contributed by atoms with Gasteiger partial charge in [0.05, 0.1) is 0 Å². The Morgan fingerprint density at radius 2 is 1.23 bits per heavy atom. The summed E-state index contributed by atoms with van der Waals surface area (Å²) < 4.78 is 28.4. The van der Waals surface area contributed by atoms with Gasteiger partial charge in [0.25, 0.3) is 0 Å². The predicted octanol–water partition coefficient (Wildman–Crippen LogP) is 1.99. The molecule has 3 aromatic rings. The monoisotopic (exact) mass is 315 g/mol. The van der Waals surface area contributed by atoms with Gasteiger partial charge in [-0.05, 0) is 24.3 Å². The van der Waals surface area contributed by atoms with Crippen LogP contribution in [-0.4, -0.2) is 22.8 Å². The molecule has 0 saturated heterocycles. The molecule has 0 aliphatic rings. The molecule has 0 unspecified atom stereocenters. The van der Waals surface area contributed by atoms with Gasteiger partial charge in [0, 0.05) is 6.17 Å². The van der Waals surface area contributed by atoms with Crippen LogP contribution in [0.2, 0.25) is 6.55 Å². The summed E-state index contributed by atoms with van der Waals surface area (Å²) in [4.78, 5) is 0. The fourth-order valence-corrected chi connectivity index (χ4v) is 6.05. The molecule has 1 heterocycles. The Hall–Kier alpha value is -2.34. The highest BCUT2D eigenvalue weighted by atomic mass is 28.3. The summed E-state index contributed by atoms with van der Waals surface area (Å²) in [6.45, 7) is 2.17. The average Bonchev–Trinajstić information content (AvgIpc) is 3.01. The van der Waals surface area contributed by atoms with Crippen molar-refractivity contribution in [2.45, 2.75) is 12.7 Å². The molecule has 0 bridgehead atoms. The normalized spacial score (nSPS) is 11.6. The lowest BCUT2D eigenvalue weighted by Crippen LogP contribution is -2.59. The van der Waals surface area contributed by atoms with E-state index in [2.05, 4.69) is 16.7 Å². The van der Waals surface area contributed by atoms with E-state index < -0.39 is 8.07 Å². The summed E-state index contributed by atoms with van der Waals surface area (Å²) in [5.74, 6) is -0.521. The molecule has 0 aliphatic heterocycles. The number of hydrogen-bond donors (Lipinski definition) is 0. The Labute approximate surface area is 128 Å². The summed E-state index contributed by atoms with van der Waals surface area (Å²) in [6.07, 6.45) is 4.04. The molecular formula is C16H15F2N3Si. The third kappa shape index (κ3) is 2.82. The molecular weight excluding hydrogens is 300 g/mol. The van der Waals surface area contributed by atoms with Gasteiger partial charge >= 0.3 is 0 Å². The maximum absolute atomic E-state index is 13.2. The van der Waals surface area contributed by atoms with Gasteiger partial charge in [-0.2, -0.15) is 0 Å². The van der Waals surface area contributed by atoms with Crippen LogP contribution in [0.3, 0.4) is 0 Å². The third-order valence-electron chi connectivity index (χ3n) is 3.93. The van der Waals surface area contributed by atoms with Gasteiger partial charge in [0.1, 0.15) is 32.4 Å². The number of nitrogens with zero attached hydrogens (tertiary/aromatic N) is 3. The van der Waals surface area contributed by atoms with Gasteiger partial charge in [-0.1, -0.05) is 41.2 Å². The SMILES string of the molecule is C[Si](Cn1cnnc1)(c1ccc(F)cc1)c1ccc(F)cc1. The molecule has 1 aromatic heterocycles. The van der Waals surface area contributed by atoms with Gasteiger partial charge in [-0.15, -0.1) is 10.2 Å². The standard InChI is InChI=1S/C16H15F2N3Si/c1-22(12-21-10-19-20-11-21,15-6-2-13(17)3-7-15)16-8-4-14(18)5-9-16/h2-11H,12H2,1H3. The van der Waals surface area contributed by atoms with Gasteiger partial charge in [-0.3, -0.25) is 0 Å². The van der Waals surface area contributed by atoms with Crippen LogP contribution in [0.15, 0.2) is 61.2 Å². The van der Waals surface area contributed by atoms with Gasteiger partial charge in [0.2, 0.25) is 0 Å². The number of hydrogen-bond acceptors (Lipinski definition) is 2. The molecule has 3 nitrogen and oxygen atoms in total.